The lowest BCUT2D eigenvalue weighted by molar-refractivity contribution is 0.263. The first-order valence-electron chi connectivity index (χ1n) is 5.82. The van der Waals surface area contributed by atoms with Crippen LogP contribution in [0.1, 0.15) is 29.7 Å². The fourth-order valence-electron chi connectivity index (χ4n) is 1.90. The molecule has 0 aliphatic carbocycles. The van der Waals surface area contributed by atoms with Crippen LogP contribution in [0.4, 0.5) is 0 Å². The van der Waals surface area contributed by atoms with Crippen LogP contribution in [0.3, 0.4) is 0 Å². The molecule has 90 valence electrons. The van der Waals surface area contributed by atoms with Gasteiger partial charge in [0.05, 0.1) is 5.69 Å². The zero-order valence-corrected chi connectivity index (χ0v) is 10.2. The Hall–Kier alpha value is -1.67. The van der Waals surface area contributed by atoms with Crippen LogP contribution in [0.15, 0.2) is 0 Å². The van der Waals surface area contributed by atoms with Crippen molar-refractivity contribution in [2.45, 2.75) is 32.7 Å². The van der Waals surface area contributed by atoms with Crippen LogP contribution in [-0.4, -0.2) is 29.4 Å². The van der Waals surface area contributed by atoms with Crippen molar-refractivity contribution >= 4 is 0 Å². The van der Waals surface area contributed by atoms with Crippen LogP contribution in [0.25, 0.3) is 0 Å². The van der Waals surface area contributed by atoms with Crippen molar-refractivity contribution in [2.24, 2.45) is 0 Å². The van der Waals surface area contributed by atoms with Gasteiger partial charge in [0.15, 0.2) is 0 Å². The van der Waals surface area contributed by atoms with E-state index in [-0.39, 0.29) is 0 Å². The van der Waals surface area contributed by atoms with E-state index in [1.807, 2.05) is 13.8 Å². The maximum absolute atomic E-state index is 9.10. The molecule has 5 heteroatoms. The number of nitriles is 1. The topological polar surface area (TPSA) is 70.8 Å². The van der Waals surface area contributed by atoms with Crippen molar-refractivity contribution < 1.29 is 4.74 Å². The number of ether oxygens (including phenoxy) is 1. The summed E-state index contributed by atoms with van der Waals surface area (Å²) in [6.45, 7) is 5.29. The monoisotopic (exact) mass is 232 g/mol. The molecule has 5 nitrogen and oxygen atoms in total. The average Bonchev–Trinajstić information content (AvgIpc) is 2.83. The second-order valence-corrected chi connectivity index (χ2v) is 4.31. The normalized spacial score (nSPS) is 19.0. The lowest BCUT2D eigenvalue weighted by atomic mass is 10.1. The molecule has 0 saturated carbocycles. The van der Waals surface area contributed by atoms with E-state index in [0.29, 0.717) is 24.1 Å². The number of nitrogens with one attached hydrogen (secondary N) is 1. The number of hydrogen-bond donors (Lipinski definition) is 1. The number of rotatable bonds is 3. The highest BCUT2D eigenvalue weighted by molar-refractivity contribution is 5.44. The Morgan fingerprint density at radius 3 is 2.94 bits per heavy atom. The minimum atomic E-state index is 0.351. The van der Waals surface area contributed by atoms with Crippen molar-refractivity contribution in [3.05, 3.63) is 16.8 Å². The molecule has 0 spiro atoms. The van der Waals surface area contributed by atoms with Gasteiger partial charge in [-0.3, -0.25) is 0 Å². The van der Waals surface area contributed by atoms with Gasteiger partial charge in [-0.2, -0.15) is 10.4 Å². The zero-order chi connectivity index (χ0) is 12.3. The molecule has 2 rings (SSSR count). The predicted octanol–water partition coefficient (Wildman–Crippen LogP) is 1.10. The molecule has 1 aromatic rings. The molecule has 1 aliphatic rings. The van der Waals surface area contributed by atoms with Crippen molar-refractivity contribution in [1.82, 2.24) is 15.5 Å². The number of nitrogens with zero attached hydrogens (tertiary/aromatic N) is 3. The highest BCUT2D eigenvalue weighted by Gasteiger charge is 2.17. The zero-order valence-electron chi connectivity index (χ0n) is 10.2. The van der Waals surface area contributed by atoms with E-state index in [1.54, 1.807) is 0 Å². The second-order valence-electron chi connectivity index (χ2n) is 4.31. The Bertz CT molecular complexity index is 447. The molecule has 1 atom stereocenters. The van der Waals surface area contributed by atoms with Crippen LogP contribution >= 0.6 is 0 Å². The highest BCUT2D eigenvalue weighted by Crippen LogP contribution is 2.19. The number of aryl methyl sites for hydroxylation is 1. The second kappa shape index (κ2) is 5.11. The van der Waals surface area contributed by atoms with E-state index in [2.05, 4.69) is 21.6 Å². The Kier molecular flexibility index (Phi) is 3.55. The Balaban J connectivity index is 2.10. The lowest BCUT2D eigenvalue weighted by Crippen LogP contribution is -2.28. The molecule has 17 heavy (non-hydrogen) atoms. The summed E-state index contributed by atoms with van der Waals surface area (Å²) in [6.07, 6.45) is 2.29. The summed E-state index contributed by atoms with van der Waals surface area (Å²) in [5, 5.41) is 20.4. The Labute approximate surface area is 101 Å². The maximum Gasteiger partial charge on any atom is 0.251 e. The van der Waals surface area contributed by atoms with Gasteiger partial charge in [-0.1, -0.05) is 0 Å². The molecule has 1 aliphatic heterocycles. The Morgan fingerprint density at radius 2 is 2.29 bits per heavy atom. The van der Waals surface area contributed by atoms with Gasteiger partial charge in [0, 0.05) is 6.04 Å². The Morgan fingerprint density at radius 1 is 1.47 bits per heavy atom. The summed E-state index contributed by atoms with van der Waals surface area (Å²) >= 11 is 0. The van der Waals surface area contributed by atoms with Gasteiger partial charge in [-0.25, -0.2) is 0 Å². The van der Waals surface area contributed by atoms with Crippen LogP contribution in [0.5, 0.6) is 5.88 Å². The van der Waals surface area contributed by atoms with Gasteiger partial charge in [-0.15, -0.1) is 5.10 Å². The minimum Gasteiger partial charge on any atom is -0.474 e. The molecule has 2 heterocycles. The molecule has 0 aromatic carbocycles. The van der Waals surface area contributed by atoms with E-state index < -0.39 is 0 Å². The molecule has 1 fully saturated rings. The third-order valence-electron chi connectivity index (χ3n) is 3.12. The molecule has 0 amide bonds. The van der Waals surface area contributed by atoms with Gasteiger partial charge in [-0.05, 0) is 38.8 Å². The molecule has 0 bridgehead atoms. The molecule has 0 radical (unpaired) electrons. The fraction of sp³-hybridized carbons (Fsp3) is 0.583. The van der Waals surface area contributed by atoms with E-state index in [9.17, 15) is 0 Å². The van der Waals surface area contributed by atoms with Gasteiger partial charge in [0.1, 0.15) is 18.2 Å². The third kappa shape index (κ3) is 2.53. The smallest absolute Gasteiger partial charge is 0.251 e. The van der Waals surface area contributed by atoms with Crippen molar-refractivity contribution in [3.8, 4) is 11.9 Å². The number of hydrogen-bond acceptors (Lipinski definition) is 5. The van der Waals surface area contributed by atoms with Crippen molar-refractivity contribution in [3.63, 3.8) is 0 Å². The maximum atomic E-state index is 9.10. The summed E-state index contributed by atoms with van der Waals surface area (Å²) in [5.41, 5.74) is 2.11. The summed E-state index contributed by atoms with van der Waals surface area (Å²) < 4.78 is 5.59. The van der Waals surface area contributed by atoms with E-state index in [1.165, 1.54) is 6.42 Å². The van der Waals surface area contributed by atoms with E-state index >= 15 is 0 Å². The van der Waals surface area contributed by atoms with E-state index in [4.69, 9.17) is 10.00 Å². The molecule has 1 saturated heterocycles. The highest BCUT2D eigenvalue weighted by atomic mass is 16.5. The SMILES string of the molecule is Cc1nnc(OCC2CCCN2)c(C#N)c1C. The first kappa shape index (κ1) is 11.8. The minimum absolute atomic E-state index is 0.351. The summed E-state index contributed by atoms with van der Waals surface area (Å²) in [4.78, 5) is 0. The molecule has 1 aromatic heterocycles. The van der Waals surface area contributed by atoms with Crippen LogP contribution in [0, 0.1) is 25.2 Å². The number of aromatic nitrogens is 2. The predicted molar refractivity (Wildman–Crippen MR) is 62.7 cm³/mol. The average molecular weight is 232 g/mol. The van der Waals surface area contributed by atoms with Gasteiger partial charge < -0.3 is 10.1 Å². The standard InChI is InChI=1S/C12H16N4O/c1-8-9(2)15-16-12(11(8)6-13)17-7-10-4-3-5-14-10/h10,14H,3-5,7H2,1-2H3. The van der Waals surface area contributed by atoms with Gasteiger partial charge in [0.2, 0.25) is 0 Å². The van der Waals surface area contributed by atoms with Crippen LogP contribution in [0.2, 0.25) is 0 Å². The summed E-state index contributed by atoms with van der Waals surface area (Å²) in [7, 11) is 0. The molecule has 1 unspecified atom stereocenters. The van der Waals surface area contributed by atoms with Crippen LogP contribution in [-0.2, 0) is 0 Å². The molecular weight excluding hydrogens is 216 g/mol. The molecule has 1 N–H and O–H groups in total. The van der Waals surface area contributed by atoms with Gasteiger partial charge >= 0.3 is 0 Å². The van der Waals surface area contributed by atoms with Crippen LogP contribution < -0.4 is 10.1 Å². The quantitative estimate of drug-likeness (QED) is 0.844. The van der Waals surface area contributed by atoms with Gasteiger partial charge in [0.25, 0.3) is 5.88 Å². The fourth-order valence-corrected chi connectivity index (χ4v) is 1.90. The third-order valence-corrected chi connectivity index (χ3v) is 3.12. The van der Waals surface area contributed by atoms with Crippen molar-refractivity contribution in [1.29, 1.82) is 5.26 Å². The largest absolute Gasteiger partial charge is 0.474 e. The summed E-state index contributed by atoms with van der Waals surface area (Å²) in [5.74, 6) is 0.351. The molecular formula is C12H16N4O. The van der Waals surface area contributed by atoms with E-state index in [0.717, 1.165) is 24.2 Å². The first-order valence-corrected chi connectivity index (χ1v) is 5.82. The van der Waals surface area contributed by atoms with Crippen molar-refractivity contribution in [2.75, 3.05) is 13.2 Å². The first-order chi connectivity index (χ1) is 8.22. The summed E-state index contributed by atoms with van der Waals surface area (Å²) in [6, 6.07) is 2.50. The lowest BCUT2D eigenvalue weighted by Gasteiger charge is -2.12.